The molecule has 1 aromatic carbocycles. The molecule has 0 unspecified atom stereocenters. The number of rotatable bonds is 0. The fraction of sp³-hybridized carbons (Fsp3) is 0.333. The van der Waals surface area contributed by atoms with E-state index in [9.17, 15) is 0 Å². The molecule has 1 aromatic heterocycles. The third-order valence-corrected chi connectivity index (χ3v) is 4.16. The molecule has 1 aliphatic carbocycles. The van der Waals surface area contributed by atoms with Gasteiger partial charge in [-0.25, -0.2) is 0 Å². The molecule has 0 saturated heterocycles. The molecule has 2 nitrogen and oxygen atoms in total. The largest absolute Gasteiger partial charge is 0.361 e. The van der Waals surface area contributed by atoms with Crippen molar-refractivity contribution in [3.63, 3.8) is 0 Å². The lowest BCUT2D eigenvalue weighted by molar-refractivity contribution is 0.462. The van der Waals surface area contributed by atoms with E-state index in [1.165, 1.54) is 27.6 Å². The van der Waals surface area contributed by atoms with Gasteiger partial charge in [0.05, 0.1) is 0 Å². The fourth-order valence-corrected chi connectivity index (χ4v) is 3.37. The lowest BCUT2D eigenvalue weighted by atomic mass is 9.78. The molecule has 17 heavy (non-hydrogen) atoms. The van der Waals surface area contributed by atoms with Gasteiger partial charge in [-0.3, -0.25) is 0 Å². The first-order valence-electron chi connectivity index (χ1n) is 6.32. The SMILES string of the molecule is CC1=C[C@@H]2c3cccc4[nH]cc(c34)C[C@@H]2NC1. The number of fused-ring (bicyclic) bond motifs is 2. The van der Waals surface area contributed by atoms with Crippen molar-refractivity contribution in [1.82, 2.24) is 10.3 Å². The lowest BCUT2D eigenvalue weighted by Gasteiger charge is -2.35. The van der Waals surface area contributed by atoms with Crippen molar-refractivity contribution >= 4 is 10.9 Å². The zero-order valence-electron chi connectivity index (χ0n) is 9.96. The molecular weight excluding hydrogens is 208 g/mol. The quantitative estimate of drug-likeness (QED) is 0.662. The van der Waals surface area contributed by atoms with Gasteiger partial charge in [0.25, 0.3) is 0 Å². The Balaban J connectivity index is 2.01. The molecule has 2 atom stereocenters. The summed E-state index contributed by atoms with van der Waals surface area (Å²) in [5.74, 6) is 0.552. The highest BCUT2D eigenvalue weighted by molar-refractivity contribution is 5.88. The highest BCUT2D eigenvalue weighted by Crippen LogP contribution is 2.39. The smallest absolute Gasteiger partial charge is 0.0459 e. The summed E-state index contributed by atoms with van der Waals surface area (Å²) in [6, 6.07) is 7.20. The zero-order valence-corrected chi connectivity index (χ0v) is 9.96. The van der Waals surface area contributed by atoms with E-state index >= 15 is 0 Å². The van der Waals surface area contributed by atoms with E-state index < -0.39 is 0 Å². The monoisotopic (exact) mass is 224 g/mol. The Morgan fingerprint density at radius 1 is 1.29 bits per heavy atom. The minimum absolute atomic E-state index is 0.552. The van der Waals surface area contributed by atoms with Crippen LogP contribution < -0.4 is 5.32 Å². The van der Waals surface area contributed by atoms with Crippen molar-refractivity contribution in [3.05, 3.63) is 47.2 Å². The van der Waals surface area contributed by atoms with Crippen molar-refractivity contribution in [3.8, 4) is 0 Å². The van der Waals surface area contributed by atoms with Crippen LogP contribution in [0.25, 0.3) is 10.9 Å². The first-order chi connectivity index (χ1) is 8.33. The van der Waals surface area contributed by atoms with Crippen LogP contribution in [-0.4, -0.2) is 17.6 Å². The summed E-state index contributed by atoms with van der Waals surface area (Å²) in [6.07, 6.45) is 5.77. The molecule has 0 spiro atoms. The molecule has 0 bridgehead atoms. The van der Waals surface area contributed by atoms with Gasteiger partial charge in [-0.2, -0.15) is 0 Å². The molecule has 4 rings (SSSR count). The maximum atomic E-state index is 3.66. The van der Waals surface area contributed by atoms with E-state index in [4.69, 9.17) is 0 Å². The fourth-order valence-electron chi connectivity index (χ4n) is 3.37. The second kappa shape index (κ2) is 3.23. The Morgan fingerprint density at radius 3 is 3.18 bits per heavy atom. The number of benzene rings is 1. The van der Waals surface area contributed by atoms with E-state index in [1.54, 1.807) is 0 Å². The molecule has 0 amide bonds. The first-order valence-corrected chi connectivity index (χ1v) is 6.32. The van der Waals surface area contributed by atoms with Gasteiger partial charge in [0, 0.05) is 35.6 Å². The molecule has 0 fully saturated rings. The minimum atomic E-state index is 0.552. The van der Waals surface area contributed by atoms with Crippen molar-refractivity contribution < 1.29 is 0 Å². The van der Waals surface area contributed by atoms with Crippen LogP contribution in [0.15, 0.2) is 36.0 Å². The van der Waals surface area contributed by atoms with Crippen LogP contribution in [0, 0.1) is 0 Å². The maximum absolute atomic E-state index is 3.66. The van der Waals surface area contributed by atoms with Crippen molar-refractivity contribution in [2.75, 3.05) is 6.54 Å². The predicted molar refractivity (Wildman–Crippen MR) is 70.3 cm³/mol. The molecule has 2 aromatic rings. The molecule has 0 radical (unpaired) electrons. The molecule has 1 aliphatic heterocycles. The summed E-state index contributed by atoms with van der Waals surface area (Å²) < 4.78 is 0. The lowest BCUT2D eigenvalue weighted by Crippen LogP contribution is -2.42. The van der Waals surface area contributed by atoms with Gasteiger partial charge in [0.1, 0.15) is 0 Å². The van der Waals surface area contributed by atoms with Crippen LogP contribution in [0.5, 0.6) is 0 Å². The minimum Gasteiger partial charge on any atom is -0.361 e. The second-order valence-corrected chi connectivity index (χ2v) is 5.31. The molecule has 2 heterocycles. The Hall–Kier alpha value is -1.54. The maximum Gasteiger partial charge on any atom is 0.0459 e. The summed E-state index contributed by atoms with van der Waals surface area (Å²) in [5, 5.41) is 5.12. The van der Waals surface area contributed by atoms with E-state index in [1.807, 2.05) is 0 Å². The third-order valence-electron chi connectivity index (χ3n) is 4.16. The number of aromatic amines is 1. The molecule has 2 aliphatic rings. The van der Waals surface area contributed by atoms with Crippen molar-refractivity contribution in [2.45, 2.75) is 25.3 Å². The molecule has 2 N–H and O–H groups in total. The summed E-state index contributed by atoms with van der Waals surface area (Å²) in [7, 11) is 0. The van der Waals surface area contributed by atoms with Gasteiger partial charge in [-0.1, -0.05) is 23.8 Å². The summed E-state index contributed by atoms with van der Waals surface area (Å²) >= 11 is 0. The Morgan fingerprint density at radius 2 is 2.24 bits per heavy atom. The van der Waals surface area contributed by atoms with Crippen LogP contribution in [0.1, 0.15) is 24.0 Å². The second-order valence-electron chi connectivity index (χ2n) is 5.31. The topological polar surface area (TPSA) is 27.8 Å². The third kappa shape index (κ3) is 1.25. The van der Waals surface area contributed by atoms with Gasteiger partial charge in [-0.15, -0.1) is 0 Å². The van der Waals surface area contributed by atoms with Gasteiger partial charge >= 0.3 is 0 Å². The van der Waals surface area contributed by atoms with Crippen molar-refractivity contribution in [1.29, 1.82) is 0 Å². The van der Waals surface area contributed by atoms with Crippen LogP contribution in [0.2, 0.25) is 0 Å². The Kier molecular flexibility index (Phi) is 1.80. The number of hydrogen-bond acceptors (Lipinski definition) is 1. The van der Waals surface area contributed by atoms with Crippen LogP contribution in [0.3, 0.4) is 0 Å². The van der Waals surface area contributed by atoms with Crippen LogP contribution >= 0.6 is 0 Å². The summed E-state index contributed by atoms with van der Waals surface area (Å²) in [5.41, 5.74) is 5.70. The average Bonchev–Trinajstić information content (AvgIpc) is 2.75. The van der Waals surface area contributed by atoms with Gasteiger partial charge in [0.2, 0.25) is 0 Å². The molecule has 2 heteroatoms. The molecule has 86 valence electrons. The Labute approximate surface area is 101 Å². The highest BCUT2D eigenvalue weighted by Gasteiger charge is 2.31. The zero-order chi connectivity index (χ0) is 11.4. The summed E-state index contributed by atoms with van der Waals surface area (Å²) in [6.45, 7) is 3.26. The average molecular weight is 224 g/mol. The predicted octanol–water partition coefficient (Wildman–Crippen LogP) is 2.73. The number of H-pyrrole nitrogens is 1. The number of aromatic nitrogens is 1. The standard InChI is InChI=1S/C15H16N2/c1-9-5-12-11-3-2-4-13-15(11)10(8-17-13)6-14(12)16-7-9/h2-5,8,12,14,16-17H,6-7H2,1H3/t12-,14+/m1/s1. The highest BCUT2D eigenvalue weighted by atomic mass is 14.9. The van der Waals surface area contributed by atoms with Crippen LogP contribution in [0.4, 0.5) is 0 Å². The van der Waals surface area contributed by atoms with Gasteiger partial charge < -0.3 is 10.3 Å². The first kappa shape index (κ1) is 9.49. The van der Waals surface area contributed by atoms with E-state index in [2.05, 4.69) is 47.7 Å². The molecular formula is C15H16N2. The van der Waals surface area contributed by atoms with E-state index in [-0.39, 0.29) is 0 Å². The molecule has 0 saturated carbocycles. The number of nitrogens with one attached hydrogen (secondary N) is 2. The van der Waals surface area contributed by atoms with E-state index in [0.717, 1.165) is 13.0 Å². The Bertz CT molecular complexity index is 621. The summed E-state index contributed by atoms with van der Waals surface area (Å²) in [4.78, 5) is 3.39. The number of hydrogen-bond donors (Lipinski definition) is 2. The van der Waals surface area contributed by atoms with Gasteiger partial charge in [0.15, 0.2) is 0 Å². The van der Waals surface area contributed by atoms with E-state index in [0.29, 0.717) is 12.0 Å². The normalized spacial score (nSPS) is 26.8. The van der Waals surface area contributed by atoms with Crippen molar-refractivity contribution in [2.24, 2.45) is 0 Å². The van der Waals surface area contributed by atoms with Gasteiger partial charge in [-0.05, 0) is 30.5 Å². The van der Waals surface area contributed by atoms with Crippen LogP contribution in [-0.2, 0) is 6.42 Å².